The third-order valence-electron chi connectivity index (χ3n) is 4.59. The number of halogens is 1. The first-order valence-electron chi connectivity index (χ1n) is 7.35. The van der Waals surface area contributed by atoms with Crippen LogP contribution in [0.15, 0.2) is 0 Å². The topological polar surface area (TPSA) is 38.1 Å². The van der Waals surface area contributed by atoms with E-state index >= 15 is 0 Å². The number of aromatic nitrogens is 2. The third-order valence-corrected chi connectivity index (χ3v) is 5.08. The monoisotopic (exact) mass is 297 g/mol. The van der Waals surface area contributed by atoms with Crippen LogP contribution in [0, 0.1) is 6.92 Å². The second-order valence-electron chi connectivity index (χ2n) is 5.89. The van der Waals surface area contributed by atoms with Gasteiger partial charge in [0.1, 0.15) is 0 Å². The van der Waals surface area contributed by atoms with E-state index in [1.807, 2.05) is 32.6 Å². The largest absolute Gasteiger partial charge is 0.297 e. The summed E-state index contributed by atoms with van der Waals surface area (Å²) in [7, 11) is 4.01. The third kappa shape index (κ3) is 2.51. The summed E-state index contributed by atoms with van der Waals surface area (Å²) >= 11 is 6.32. The minimum atomic E-state index is -0.305. The van der Waals surface area contributed by atoms with Crippen molar-refractivity contribution in [3.8, 4) is 0 Å². The fourth-order valence-electron chi connectivity index (χ4n) is 3.29. The molecule has 0 saturated heterocycles. The first-order chi connectivity index (χ1) is 9.42. The molecule has 2 rings (SSSR count). The minimum absolute atomic E-state index is 0.275. The van der Waals surface area contributed by atoms with Crippen molar-refractivity contribution in [3.05, 3.63) is 16.4 Å². The Morgan fingerprint density at radius 1 is 1.40 bits per heavy atom. The van der Waals surface area contributed by atoms with Crippen molar-refractivity contribution in [3.63, 3.8) is 0 Å². The molecule has 0 amide bonds. The maximum Gasteiger partial charge on any atom is 0.159 e. The van der Waals surface area contributed by atoms with E-state index < -0.39 is 0 Å². The second kappa shape index (κ2) is 5.86. The number of ketones is 1. The Balaban J connectivity index is 2.27. The van der Waals surface area contributed by atoms with Crippen molar-refractivity contribution in [1.82, 2.24) is 14.7 Å². The van der Waals surface area contributed by atoms with Crippen molar-refractivity contribution in [1.29, 1.82) is 0 Å². The molecule has 0 radical (unpaired) electrons. The summed E-state index contributed by atoms with van der Waals surface area (Å²) in [5.41, 5.74) is 1.37. The molecule has 1 fully saturated rings. The number of aryl methyl sites for hydroxylation is 2. The Morgan fingerprint density at radius 3 is 2.50 bits per heavy atom. The predicted octanol–water partition coefficient (Wildman–Crippen LogP) is 2.85. The summed E-state index contributed by atoms with van der Waals surface area (Å²) in [4.78, 5) is 15.0. The molecule has 1 saturated carbocycles. The van der Waals surface area contributed by atoms with Gasteiger partial charge in [0.25, 0.3) is 0 Å². The van der Waals surface area contributed by atoms with E-state index in [1.165, 1.54) is 0 Å². The van der Waals surface area contributed by atoms with Crippen LogP contribution in [0.1, 0.15) is 44.0 Å². The number of carbonyl (C=O) groups is 1. The maximum absolute atomic E-state index is 12.9. The van der Waals surface area contributed by atoms with Gasteiger partial charge in [0, 0.05) is 6.54 Å². The lowest BCUT2D eigenvalue weighted by molar-refractivity contribution is -0.129. The highest BCUT2D eigenvalue weighted by Gasteiger charge is 2.43. The van der Waals surface area contributed by atoms with E-state index in [0.29, 0.717) is 11.4 Å². The molecule has 112 valence electrons. The van der Waals surface area contributed by atoms with E-state index in [2.05, 4.69) is 10.00 Å². The fourth-order valence-corrected chi connectivity index (χ4v) is 3.49. The molecule has 1 aromatic rings. The number of likely N-dealkylation sites (N-methyl/N-ethyl adjacent to an activating group) is 1. The number of rotatable bonds is 5. The lowest BCUT2D eigenvalue weighted by Crippen LogP contribution is -2.49. The van der Waals surface area contributed by atoms with Crippen LogP contribution in [0.25, 0.3) is 0 Å². The van der Waals surface area contributed by atoms with Crippen LogP contribution in [-0.2, 0) is 17.8 Å². The molecule has 1 aliphatic rings. The first kappa shape index (κ1) is 15.5. The van der Waals surface area contributed by atoms with E-state index in [4.69, 9.17) is 11.6 Å². The van der Waals surface area contributed by atoms with Gasteiger partial charge in [-0.3, -0.25) is 14.4 Å². The zero-order valence-corrected chi connectivity index (χ0v) is 13.6. The van der Waals surface area contributed by atoms with Gasteiger partial charge in [-0.25, -0.2) is 0 Å². The Morgan fingerprint density at radius 2 is 2.00 bits per heavy atom. The molecule has 0 bridgehead atoms. The zero-order valence-electron chi connectivity index (χ0n) is 12.9. The summed E-state index contributed by atoms with van der Waals surface area (Å²) in [5, 5.41) is 5.04. The molecular weight excluding hydrogens is 274 g/mol. The maximum atomic E-state index is 12.9. The molecule has 4 nitrogen and oxygen atoms in total. The summed E-state index contributed by atoms with van der Waals surface area (Å²) in [6.45, 7) is 4.65. The number of Topliss-reactive ketones (excluding diaryl/α,β-unsaturated/α-hetero) is 1. The molecule has 1 aliphatic carbocycles. The molecule has 1 heterocycles. The second-order valence-corrected chi connectivity index (χ2v) is 6.27. The quantitative estimate of drug-likeness (QED) is 0.839. The van der Waals surface area contributed by atoms with Crippen LogP contribution in [-0.4, -0.2) is 40.1 Å². The Labute approximate surface area is 126 Å². The standard InChI is InChI=1S/C15H24ClN3O/c1-5-19-12(14(16)11(2)17-19)10-13(20)15(18(3)4)8-6-7-9-15/h5-10H2,1-4H3. The normalized spacial score (nSPS) is 17.9. The SMILES string of the molecule is CCn1nc(C)c(Cl)c1CC(=O)C1(N(C)C)CCCC1. The van der Waals surface area contributed by atoms with Crippen molar-refractivity contribution >= 4 is 17.4 Å². The molecule has 1 aromatic heterocycles. The van der Waals surface area contributed by atoms with Crippen LogP contribution in [0.2, 0.25) is 5.02 Å². The van der Waals surface area contributed by atoms with Crippen molar-refractivity contribution in [2.75, 3.05) is 14.1 Å². The molecule has 5 heteroatoms. The van der Waals surface area contributed by atoms with E-state index in [-0.39, 0.29) is 11.3 Å². The molecular formula is C15H24ClN3O. The van der Waals surface area contributed by atoms with Gasteiger partial charge in [-0.1, -0.05) is 24.4 Å². The van der Waals surface area contributed by atoms with Gasteiger partial charge in [0.15, 0.2) is 5.78 Å². The van der Waals surface area contributed by atoms with Gasteiger partial charge in [-0.15, -0.1) is 0 Å². The van der Waals surface area contributed by atoms with Crippen molar-refractivity contribution in [2.24, 2.45) is 0 Å². The Bertz CT molecular complexity index is 501. The van der Waals surface area contributed by atoms with E-state index in [0.717, 1.165) is 43.6 Å². The van der Waals surface area contributed by atoms with Crippen LogP contribution < -0.4 is 0 Å². The van der Waals surface area contributed by atoms with E-state index in [1.54, 1.807) is 0 Å². The van der Waals surface area contributed by atoms with Crippen LogP contribution >= 0.6 is 11.6 Å². The molecule has 0 aromatic carbocycles. The molecule has 0 atom stereocenters. The van der Waals surface area contributed by atoms with Gasteiger partial charge >= 0.3 is 0 Å². The van der Waals surface area contributed by atoms with Crippen LogP contribution in [0.3, 0.4) is 0 Å². The molecule has 20 heavy (non-hydrogen) atoms. The predicted molar refractivity (Wildman–Crippen MR) is 81.2 cm³/mol. The van der Waals surface area contributed by atoms with Gasteiger partial charge in [0.05, 0.1) is 28.4 Å². The van der Waals surface area contributed by atoms with Gasteiger partial charge in [-0.05, 0) is 40.8 Å². The van der Waals surface area contributed by atoms with Gasteiger partial charge in [-0.2, -0.15) is 5.10 Å². The first-order valence-corrected chi connectivity index (χ1v) is 7.72. The highest BCUT2D eigenvalue weighted by molar-refractivity contribution is 6.32. The van der Waals surface area contributed by atoms with E-state index in [9.17, 15) is 4.79 Å². The van der Waals surface area contributed by atoms with Gasteiger partial charge < -0.3 is 0 Å². The molecule has 0 spiro atoms. The summed E-state index contributed by atoms with van der Waals surface area (Å²) in [6, 6.07) is 0. The average Bonchev–Trinajstić information content (AvgIpc) is 3.00. The molecule has 0 unspecified atom stereocenters. The Kier molecular flexibility index (Phi) is 4.55. The zero-order chi connectivity index (χ0) is 14.9. The highest BCUT2D eigenvalue weighted by Crippen LogP contribution is 2.36. The highest BCUT2D eigenvalue weighted by atomic mass is 35.5. The Hall–Kier alpha value is -0.870. The summed E-state index contributed by atoms with van der Waals surface area (Å²) < 4.78 is 1.86. The average molecular weight is 298 g/mol. The lowest BCUT2D eigenvalue weighted by atomic mass is 9.88. The van der Waals surface area contributed by atoms with Crippen LogP contribution in [0.5, 0.6) is 0 Å². The fraction of sp³-hybridized carbons (Fsp3) is 0.733. The van der Waals surface area contributed by atoms with Crippen LogP contribution in [0.4, 0.5) is 0 Å². The molecule has 0 N–H and O–H groups in total. The molecule has 0 aliphatic heterocycles. The van der Waals surface area contributed by atoms with Gasteiger partial charge in [0.2, 0.25) is 0 Å². The summed E-state index contributed by atoms with van der Waals surface area (Å²) in [6.07, 6.45) is 4.55. The smallest absolute Gasteiger partial charge is 0.159 e. The summed E-state index contributed by atoms with van der Waals surface area (Å²) in [5.74, 6) is 0.275. The van der Waals surface area contributed by atoms with Crippen molar-refractivity contribution < 1.29 is 4.79 Å². The minimum Gasteiger partial charge on any atom is -0.297 e. The number of nitrogens with zero attached hydrogens (tertiary/aromatic N) is 3. The lowest BCUT2D eigenvalue weighted by Gasteiger charge is -2.34. The number of carbonyl (C=O) groups excluding carboxylic acids is 1. The number of hydrogen-bond acceptors (Lipinski definition) is 3. The van der Waals surface area contributed by atoms with Crippen molar-refractivity contribution in [2.45, 2.75) is 58.0 Å². The number of hydrogen-bond donors (Lipinski definition) is 0.